The lowest BCUT2D eigenvalue weighted by atomic mass is 10.1. The van der Waals surface area contributed by atoms with E-state index in [9.17, 15) is 14.4 Å². The molecule has 0 radical (unpaired) electrons. The van der Waals surface area contributed by atoms with E-state index in [1.165, 1.54) is 11.8 Å². The van der Waals surface area contributed by atoms with E-state index in [-0.39, 0.29) is 18.4 Å². The highest BCUT2D eigenvalue weighted by Crippen LogP contribution is 2.35. The lowest BCUT2D eigenvalue weighted by molar-refractivity contribution is -0.695. The van der Waals surface area contributed by atoms with Gasteiger partial charge >= 0.3 is 12.0 Å². The number of Topliss-reactive ketones (excluding diaryl/α,β-unsaturated/α-hetero) is 1. The van der Waals surface area contributed by atoms with E-state index in [2.05, 4.69) is 9.56 Å². The van der Waals surface area contributed by atoms with Crippen LogP contribution in [0.4, 0.5) is 10.7 Å². The molecule has 0 aromatic carbocycles. The van der Waals surface area contributed by atoms with E-state index in [1.807, 2.05) is 18.4 Å². The zero-order valence-corrected chi connectivity index (χ0v) is 16.1. The molecule has 2 saturated heterocycles. The fourth-order valence-corrected chi connectivity index (χ4v) is 4.08. The SMILES string of the molecule is CC(=O)CN1C(=O)C2C(=Nc3n2c(C)c(C)[n+]3CC2CCCO2)N(C)C1=O. The monoisotopic (exact) mass is 374 g/mol. The fourth-order valence-electron chi connectivity index (χ4n) is 4.08. The van der Waals surface area contributed by atoms with Crippen LogP contribution < -0.4 is 4.57 Å². The summed E-state index contributed by atoms with van der Waals surface area (Å²) in [5.74, 6) is 0.410. The molecule has 0 saturated carbocycles. The van der Waals surface area contributed by atoms with Gasteiger partial charge < -0.3 is 4.74 Å². The van der Waals surface area contributed by atoms with Crippen molar-refractivity contribution >= 4 is 29.5 Å². The highest BCUT2D eigenvalue weighted by atomic mass is 16.5. The number of carbonyl (C=O) groups is 3. The second kappa shape index (κ2) is 6.26. The Hall–Kier alpha value is -2.55. The molecule has 2 fully saturated rings. The minimum atomic E-state index is -0.716. The van der Waals surface area contributed by atoms with Gasteiger partial charge in [0.05, 0.1) is 19.2 Å². The number of amides is 3. The maximum atomic E-state index is 13.1. The Morgan fingerprint density at radius 1 is 1.33 bits per heavy atom. The average molecular weight is 374 g/mol. The summed E-state index contributed by atoms with van der Waals surface area (Å²) in [7, 11) is 1.59. The second-order valence-electron chi connectivity index (χ2n) is 7.43. The molecule has 3 aliphatic rings. The second-order valence-corrected chi connectivity index (χ2v) is 7.43. The summed E-state index contributed by atoms with van der Waals surface area (Å²) in [6.07, 6.45) is 2.18. The van der Waals surface area contributed by atoms with E-state index < -0.39 is 18.0 Å². The van der Waals surface area contributed by atoms with Crippen LogP contribution in [0.1, 0.15) is 37.2 Å². The minimum absolute atomic E-state index is 0.132. The summed E-state index contributed by atoms with van der Waals surface area (Å²) in [6.45, 7) is 6.53. The number of hydrogen-bond acceptors (Lipinski definition) is 5. The molecular weight excluding hydrogens is 350 g/mol. The van der Waals surface area contributed by atoms with Crippen LogP contribution in [0.15, 0.2) is 4.99 Å². The number of urea groups is 1. The molecule has 0 aliphatic carbocycles. The Morgan fingerprint density at radius 2 is 2.07 bits per heavy atom. The molecular formula is C18H24N5O4+. The Balaban J connectivity index is 1.77. The van der Waals surface area contributed by atoms with Gasteiger partial charge in [-0.1, -0.05) is 4.99 Å². The predicted octanol–water partition coefficient (Wildman–Crippen LogP) is 0.639. The molecule has 1 aromatic heterocycles. The molecule has 27 heavy (non-hydrogen) atoms. The Bertz CT molecular complexity index is 881. The summed E-state index contributed by atoms with van der Waals surface area (Å²) in [5, 5.41) is 0. The van der Waals surface area contributed by atoms with Gasteiger partial charge in [-0.2, -0.15) is 0 Å². The van der Waals surface area contributed by atoms with Gasteiger partial charge in [0, 0.05) is 13.7 Å². The van der Waals surface area contributed by atoms with Gasteiger partial charge in [0.2, 0.25) is 11.9 Å². The number of aliphatic imine (C=N–C) groups is 1. The molecule has 144 valence electrons. The van der Waals surface area contributed by atoms with Crippen LogP contribution >= 0.6 is 0 Å². The highest BCUT2D eigenvalue weighted by Gasteiger charge is 2.54. The molecule has 0 bridgehead atoms. The number of imide groups is 1. The number of ketones is 1. The maximum Gasteiger partial charge on any atom is 0.402 e. The summed E-state index contributed by atoms with van der Waals surface area (Å²) in [6, 6.07) is -1.23. The molecule has 9 heteroatoms. The van der Waals surface area contributed by atoms with Crippen LogP contribution in [0, 0.1) is 13.8 Å². The van der Waals surface area contributed by atoms with E-state index in [1.54, 1.807) is 7.05 Å². The van der Waals surface area contributed by atoms with Crippen molar-refractivity contribution in [2.24, 2.45) is 4.99 Å². The van der Waals surface area contributed by atoms with Crippen molar-refractivity contribution in [3.8, 4) is 0 Å². The van der Waals surface area contributed by atoms with Gasteiger partial charge in [0.15, 0.2) is 0 Å². The summed E-state index contributed by atoms with van der Waals surface area (Å²) in [5.41, 5.74) is 1.94. The van der Waals surface area contributed by atoms with E-state index >= 15 is 0 Å². The van der Waals surface area contributed by atoms with Crippen LogP contribution in [-0.2, 0) is 20.9 Å². The molecule has 3 aliphatic heterocycles. The number of carbonyl (C=O) groups excluding carboxylic acids is 3. The van der Waals surface area contributed by atoms with Crippen LogP contribution in [0.5, 0.6) is 0 Å². The van der Waals surface area contributed by atoms with Gasteiger partial charge in [-0.3, -0.25) is 19.4 Å². The Kier molecular flexibility index (Phi) is 4.14. The number of fused-ring (bicyclic) bond motifs is 3. The predicted molar refractivity (Wildman–Crippen MR) is 94.8 cm³/mol. The number of hydrogen-bond donors (Lipinski definition) is 0. The van der Waals surface area contributed by atoms with Crippen molar-refractivity contribution in [1.29, 1.82) is 0 Å². The van der Waals surface area contributed by atoms with Crippen molar-refractivity contribution in [3.63, 3.8) is 0 Å². The van der Waals surface area contributed by atoms with Crippen molar-refractivity contribution in [2.45, 2.75) is 52.3 Å². The van der Waals surface area contributed by atoms with Crippen LogP contribution in [0.2, 0.25) is 0 Å². The first kappa shape index (κ1) is 17.8. The van der Waals surface area contributed by atoms with Crippen molar-refractivity contribution in [1.82, 2.24) is 14.4 Å². The largest absolute Gasteiger partial charge is 0.402 e. The van der Waals surface area contributed by atoms with Crippen molar-refractivity contribution in [2.75, 3.05) is 20.2 Å². The molecule has 0 N–H and O–H groups in total. The van der Waals surface area contributed by atoms with E-state index in [0.29, 0.717) is 18.3 Å². The molecule has 2 unspecified atom stereocenters. The number of nitrogens with zero attached hydrogens (tertiary/aromatic N) is 5. The average Bonchev–Trinajstić information content (AvgIpc) is 3.31. The van der Waals surface area contributed by atoms with Gasteiger partial charge in [-0.15, -0.1) is 0 Å². The Morgan fingerprint density at radius 3 is 2.70 bits per heavy atom. The molecule has 0 spiro atoms. The first-order valence-electron chi connectivity index (χ1n) is 9.21. The fraction of sp³-hybridized carbons (Fsp3) is 0.611. The number of rotatable bonds is 4. The summed E-state index contributed by atoms with van der Waals surface area (Å²) < 4.78 is 9.70. The Labute approximate surface area is 157 Å². The molecule has 4 heterocycles. The smallest absolute Gasteiger partial charge is 0.375 e. The van der Waals surface area contributed by atoms with Crippen LogP contribution in [0.25, 0.3) is 0 Å². The zero-order valence-electron chi connectivity index (χ0n) is 16.1. The lowest BCUT2D eigenvalue weighted by Crippen LogP contribution is -2.58. The van der Waals surface area contributed by atoms with Crippen molar-refractivity contribution < 1.29 is 23.7 Å². The number of imidazole rings is 1. The normalized spacial score (nSPS) is 24.4. The van der Waals surface area contributed by atoms with E-state index in [4.69, 9.17) is 4.74 Å². The number of likely N-dealkylation sites (N-methyl/N-ethyl adjacent to an activating group) is 1. The first-order valence-corrected chi connectivity index (χ1v) is 9.21. The number of aromatic nitrogens is 2. The van der Waals surface area contributed by atoms with Gasteiger partial charge in [-0.05, 0) is 33.6 Å². The summed E-state index contributed by atoms with van der Waals surface area (Å²) in [4.78, 5) is 44.2. The standard InChI is InChI=1S/C18H24N5O4/c1-10(24)8-22-16(25)14-15(20(4)18(22)26)19-17-21(9-13-6-5-7-27-13)11(2)12(3)23(14)17/h13-14H,5-9H2,1-4H3/q+1. The van der Waals surface area contributed by atoms with E-state index in [0.717, 1.165) is 35.7 Å². The third kappa shape index (κ3) is 2.60. The molecule has 9 nitrogen and oxygen atoms in total. The molecule has 2 atom stereocenters. The molecule has 3 amide bonds. The van der Waals surface area contributed by atoms with Gasteiger partial charge in [0.25, 0.3) is 5.91 Å². The third-order valence-electron chi connectivity index (χ3n) is 5.62. The van der Waals surface area contributed by atoms with Gasteiger partial charge in [0.1, 0.15) is 17.2 Å². The number of amidine groups is 1. The van der Waals surface area contributed by atoms with Crippen molar-refractivity contribution in [3.05, 3.63) is 11.4 Å². The maximum absolute atomic E-state index is 13.1. The first-order chi connectivity index (χ1) is 12.8. The van der Waals surface area contributed by atoms with Gasteiger partial charge in [-0.25, -0.2) is 13.9 Å². The lowest BCUT2D eigenvalue weighted by Gasteiger charge is -2.32. The highest BCUT2D eigenvalue weighted by molar-refractivity contribution is 6.21. The van der Waals surface area contributed by atoms with Crippen LogP contribution in [0.3, 0.4) is 0 Å². The summed E-state index contributed by atoms with van der Waals surface area (Å²) >= 11 is 0. The zero-order chi connectivity index (χ0) is 19.5. The topological polar surface area (TPSA) is 88.1 Å². The molecule has 4 rings (SSSR count). The molecule has 1 aromatic rings. The minimum Gasteiger partial charge on any atom is -0.375 e. The van der Waals surface area contributed by atoms with Crippen LogP contribution in [-0.4, -0.2) is 64.2 Å². The number of ether oxygens (including phenoxy) is 1. The third-order valence-corrected chi connectivity index (χ3v) is 5.62. The quantitative estimate of drug-likeness (QED) is 0.724.